The number of rotatable bonds is 3. The molecular formula is C14H20FN3O. The molecular weight excluding hydrogens is 245 g/mol. The third-order valence-corrected chi connectivity index (χ3v) is 4.19. The molecule has 104 valence electrons. The molecule has 0 bridgehead atoms. The highest BCUT2D eigenvalue weighted by Gasteiger charge is 2.28. The van der Waals surface area contributed by atoms with Crippen LogP contribution in [0.15, 0.2) is 12.4 Å². The fraction of sp³-hybridized carbons (Fsp3) is 0.714. The molecule has 1 aromatic rings. The summed E-state index contributed by atoms with van der Waals surface area (Å²) < 4.78 is 18.4. The zero-order chi connectivity index (χ0) is 13.1. The Labute approximate surface area is 113 Å². The fourth-order valence-electron chi connectivity index (χ4n) is 3.14. The molecule has 1 aromatic heterocycles. The van der Waals surface area contributed by atoms with Crippen molar-refractivity contribution >= 4 is 0 Å². The first-order valence-electron chi connectivity index (χ1n) is 7.19. The van der Waals surface area contributed by atoms with Gasteiger partial charge in [-0.2, -0.15) is 0 Å². The molecule has 0 aromatic carbocycles. The zero-order valence-electron chi connectivity index (χ0n) is 11.1. The highest BCUT2D eigenvalue weighted by molar-refractivity contribution is 4.97. The van der Waals surface area contributed by atoms with Crippen LogP contribution in [-0.4, -0.2) is 40.1 Å². The lowest BCUT2D eigenvalue weighted by Crippen LogP contribution is -2.43. The quantitative estimate of drug-likeness (QED) is 0.841. The molecule has 2 aliphatic rings. The number of likely N-dealkylation sites (tertiary alicyclic amines) is 1. The van der Waals surface area contributed by atoms with E-state index in [0.717, 1.165) is 44.4 Å². The third kappa shape index (κ3) is 3.21. The van der Waals surface area contributed by atoms with Crippen LogP contribution in [0.4, 0.5) is 4.39 Å². The monoisotopic (exact) mass is 265 g/mol. The standard InChI is InChI=1S/C14H20FN3O/c15-11-9-16-14(17-10-11)19-13-5-7-18(8-6-13)12-3-1-2-4-12/h9-10,12-13H,1-8H2. The molecule has 0 atom stereocenters. The van der Waals surface area contributed by atoms with E-state index in [1.165, 1.54) is 25.7 Å². The van der Waals surface area contributed by atoms with Gasteiger partial charge in [-0.25, -0.2) is 14.4 Å². The number of aromatic nitrogens is 2. The Balaban J connectivity index is 1.48. The van der Waals surface area contributed by atoms with E-state index in [0.29, 0.717) is 6.01 Å². The first-order chi connectivity index (χ1) is 9.31. The van der Waals surface area contributed by atoms with Crippen LogP contribution in [0.25, 0.3) is 0 Å². The van der Waals surface area contributed by atoms with Crippen LogP contribution in [0, 0.1) is 5.82 Å². The van der Waals surface area contributed by atoms with E-state index < -0.39 is 5.82 Å². The van der Waals surface area contributed by atoms with Crippen molar-refractivity contribution in [3.8, 4) is 6.01 Å². The van der Waals surface area contributed by atoms with Crippen LogP contribution in [0.3, 0.4) is 0 Å². The predicted molar refractivity (Wildman–Crippen MR) is 69.5 cm³/mol. The van der Waals surface area contributed by atoms with E-state index in [9.17, 15) is 4.39 Å². The molecule has 0 unspecified atom stereocenters. The SMILES string of the molecule is Fc1cnc(OC2CCN(C3CCCC3)CC2)nc1. The van der Waals surface area contributed by atoms with Crippen LogP contribution in [0.5, 0.6) is 6.01 Å². The third-order valence-electron chi connectivity index (χ3n) is 4.19. The molecule has 3 rings (SSSR count). The van der Waals surface area contributed by atoms with E-state index in [2.05, 4.69) is 14.9 Å². The zero-order valence-corrected chi connectivity index (χ0v) is 11.1. The second kappa shape index (κ2) is 5.82. The van der Waals surface area contributed by atoms with Crippen molar-refractivity contribution < 1.29 is 9.13 Å². The van der Waals surface area contributed by atoms with E-state index in [1.54, 1.807) is 0 Å². The first kappa shape index (κ1) is 12.8. The summed E-state index contributed by atoms with van der Waals surface area (Å²) in [5.41, 5.74) is 0. The van der Waals surface area contributed by atoms with Crippen molar-refractivity contribution in [1.82, 2.24) is 14.9 Å². The highest BCUT2D eigenvalue weighted by Crippen LogP contribution is 2.26. The Morgan fingerprint density at radius 2 is 1.68 bits per heavy atom. The van der Waals surface area contributed by atoms with Crippen molar-refractivity contribution in [2.45, 2.75) is 50.7 Å². The molecule has 0 amide bonds. The van der Waals surface area contributed by atoms with Crippen molar-refractivity contribution in [1.29, 1.82) is 0 Å². The van der Waals surface area contributed by atoms with Crippen LogP contribution in [0.2, 0.25) is 0 Å². The summed E-state index contributed by atoms with van der Waals surface area (Å²) in [5, 5.41) is 0. The average molecular weight is 265 g/mol. The fourth-order valence-corrected chi connectivity index (χ4v) is 3.14. The van der Waals surface area contributed by atoms with Gasteiger partial charge in [0.1, 0.15) is 6.10 Å². The molecule has 1 aliphatic carbocycles. The minimum atomic E-state index is -0.427. The van der Waals surface area contributed by atoms with Crippen molar-refractivity contribution in [2.75, 3.05) is 13.1 Å². The molecule has 1 saturated carbocycles. The Hall–Kier alpha value is -1.23. The maximum atomic E-state index is 12.7. The number of halogens is 1. The summed E-state index contributed by atoms with van der Waals surface area (Å²) in [7, 11) is 0. The smallest absolute Gasteiger partial charge is 0.316 e. The van der Waals surface area contributed by atoms with Gasteiger partial charge in [0.25, 0.3) is 0 Å². The van der Waals surface area contributed by atoms with Gasteiger partial charge in [-0.05, 0) is 25.7 Å². The Morgan fingerprint density at radius 3 is 2.32 bits per heavy atom. The van der Waals surface area contributed by atoms with Crippen LogP contribution < -0.4 is 4.74 Å². The van der Waals surface area contributed by atoms with Gasteiger partial charge in [0.2, 0.25) is 0 Å². The van der Waals surface area contributed by atoms with Crippen molar-refractivity contribution in [3.05, 3.63) is 18.2 Å². The second-order valence-corrected chi connectivity index (χ2v) is 5.48. The molecule has 1 saturated heterocycles. The minimum Gasteiger partial charge on any atom is -0.460 e. The normalized spacial score (nSPS) is 22.8. The Kier molecular flexibility index (Phi) is 3.92. The lowest BCUT2D eigenvalue weighted by Gasteiger charge is -2.35. The summed E-state index contributed by atoms with van der Waals surface area (Å²) in [6, 6.07) is 1.09. The van der Waals surface area contributed by atoms with Gasteiger partial charge in [0, 0.05) is 19.1 Å². The number of hydrogen-bond donors (Lipinski definition) is 0. The summed E-state index contributed by atoms with van der Waals surface area (Å²) in [6.07, 6.45) is 9.96. The lowest BCUT2D eigenvalue weighted by atomic mass is 10.0. The van der Waals surface area contributed by atoms with Gasteiger partial charge >= 0.3 is 6.01 Å². The number of piperidine rings is 1. The van der Waals surface area contributed by atoms with Gasteiger partial charge in [0.15, 0.2) is 5.82 Å². The summed E-state index contributed by atoms with van der Waals surface area (Å²) in [5.74, 6) is -0.427. The van der Waals surface area contributed by atoms with Crippen LogP contribution >= 0.6 is 0 Å². The molecule has 0 radical (unpaired) electrons. The molecule has 2 fully saturated rings. The van der Waals surface area contributed by atoms with E-state index in [1.807, 2.05) is 0 Å². The van der Waals surface area contributed by atoms with E-state index in [4.69, 9.17) is 4.74 Å². The molecule has 2 heterocycles. The van der Waals surface area contributed by atoms with E-state index >= 15 is 0 Å². The average Bonchev–Trinajstić information content (AvgIpc) is 2.96. The van der Waals surface area contributed by atoms with Crippen LogP contribution in [0.1, 0.15) is 38.5 Å². The van der Waals surface area contributed by atoms with Gasteiger partial charge in [-0.3, -0.25) is 0 Å². The first-order valence-corrected chi connectivity index (χ1v) is 7.19. The topological polar surface area (TPSA) is 38.2 Å². The van der Waals surface area contributed by atoms with Gasteiger partial charge in [0.05, 0.1) is 12.4 Å². The molecule has 4 nitrogen and oxygen atoms in total. The van der Waals surface area contributed by atoms with E-state index in [-0.39, 0.29) is 6.10 Å². The highest BCUT2D eigenvalue weighted by atomic mass is 19.1. The van der Waals surface area contributed by atoms with Crippen molar-refractivity contribution in [3.63, 3.8) is 0 Å². The summed E-state index contributed by atoms with van der Waals surface area (Å²) in [6.45, 7) is 2.19. The number of nitrogens with zero attached hydrogens (tertiary/aromatic N) is 3. The van der Waals surface area contributed by atoms with Gasteiger partial charge in [-0.15, -0.1) is 0 Å². The number of hydrogen-bond acceptors (Lipinski definition) is 4. The number of ether oxygens (including phenoxy) is 1. The molecule has 0 N–H and O–H groups in total. The minimum absolute atomic E-state index is 0.170. The largest absolute Gasteiger partial charge is 0.460 e. The predicted octanol–water partition coefficient (Wildman–Crippen LogP) is 2.40. The van der Waals surface area contributed by atoms with Gasteiger partial charge < -0.3 is 9.64 Å². The maximum absolute atomic E-state index is 12.7. The second-order valence-electron chi connectivity index (χ2n) is 5.48. The summed E-state index contributed by atoms with van der Waals surface area (Å²) >= 11 is 0. The van der Waals surface area contributed by atoms with Gasteiger partial charge in [-0.1, -0.05) is 12.8 Å². The maximum Gasteiger partial charge on any atom is 0.316 e. The Morgan fingerprint density at radius 1 is 1.05 bits per heavy atom. The van der Waals surface area contributed by atoms with Crippen molar-refractivity contribution in [2.24, 2.45) is 0 Å². The van der Waals surface area contributed by atoms with Crippen LogP contribution in [-0.2, 0) is 0 Å². The summed E-state index contributed by atoms with van der Waals surface area (Å²) in [4.78, 5) is 10.3. The molecule has 1 aliphatic heterocycles. The lowest BCUT2D eigenvalue weighted by molar-refractivity contribution is 0.0708. The molecule has 0 spiro atoms. The Bertz CT molecular complexity index is 398. The molecule has 5 heteroatoms. The molecule has 19 heavy (non-hydrogen) atoms.